The zero-order valence-electron chi connectivity index (χ0n) is 20.2. The largest absolute Gasteiger partial charge is 0.465 e. The van der Waals surface area contributed by atoms with Gasteiger partial charge < -0.3 is 14.3 Å². The van der Waals surface area contributed by atoms with Crippen molar-refractivity contribution in [3.63, 3.8) is 0 Å². The fourth-order valence-corrected chi connectivity index (χ4v) is 9.56. The fraction of sp³-hybridized carbons (Fsp3) is 0.815. The molecule has 172 valence electrons. The Morgan fingerprint density at radius 2 is 1.74 bits per heavy atom. The number of aliphatic hydroxyl groups excluding tert-OH is 1. The van der Waals surface area contributed by atoms with E-state index in [-0.39, 0.29) is 22.7 Å². The van der Waals surface area contributed by atoms with Gasteiger partial charge in [-0.1, -0.05) is 41.0 Å². The van der Waals surface area contributed by atoms with Crippen LogP contribution in [0.2, 0.25) is 0 Å². The molecule has 0 saturated heterocycles. The number of rotatable bonds is 1. The third-order valence-corrected chi connectivity index (χ3v) is 10.7. The first kappa shape index (κ1) is 21.6. The molecule has 1 aromatic rings. The van der Waals surface area contributed by atoms with E-state index >= 15 is 0 Å². The SMILES string of the molecule is CC(=O)OC1c2occc2[C@@H](O)CC2[C@]3(C)CCC4C(C)(C)CCC[C@]4(C)C3C[C@]12C. The van der Waals surface area contributed by atoms with Crippen LogP contribution in [0.1, 0.15) is 110 Å². The summed E-state index contributed by atoms with van der Waals surface area (Å²) in [4.78, 5) is 12.2. The topological polar surface area (TPSA) is 59.7 Å². The van der Waals surface area contributed by atoms with Gasteiger partial charge in [-0.2, -0.15) is 0 Å². The Balaban J connectivity index is 1.64. The Morgan fingerprint density at radius 3 is 2.45 bits per heavy atom. The van der Waals surface area contributed by atoms with Gasteiger partial charge in [0.1, 0.15) is 0 Å². The van der Waals surface area contributed by atoms with E-state index < -0.39 is 12.2 Å². The Hall–Kier alpha value is -1.29. The van der Waals surface area contributed by atoms with E-state index in [1.807, 2.05) is 6.07 Å². The minimum absolute atomic E-state index is 0.135. The summed E-state index contributed by atoms with van der Waals surface area (Å²) in [6, 6.07) is 1.86. The van der Waals surface area contributed by atoms with Gasteiger partial charge >= 0.3 is 5.97 Å². The number of carbonyl (C=O) groups is 1. The number of furan rings is 1. The molecule has 0 spiro atoms. The van der Waals surface area contributed by atoms with E-state index in [0.717, 1.165) is 24.3 Å². The highest BCUT2D eigenvalue weighted by Crippen LogP contribution is 2.76. The molecule has 3 saturated carbocycles. The van der Waals surface area contributed by atoms with Crippen LogP contribution in [-0.4, -0.2) is 11.1 Å². The van der Waals surface area contributed by atoms with Crippen molar-refractivity contribution in [1.29, 1.82) is 0 Å². The Bertz CT molecular complexity index is 886. The molecule has 5 rings (SSSR count). The molecule has 0 radical (unpaired) electrons. The quantitative estimate of drug-likeness (QED) is 0.512. The molecule has 1 heterocycles. The number of hydrogen-bond acceptors (Lipinski definition) is 4. The molecule has 0 amide bonds. The van der Waals surface area contributed by atoms with Crippen molar-refractivity contribution >= 4 is 5.97 Å². The highest BCUT2D eigenvalue weighted by Gasteiger charge is 2.70. The normalized spacial score (nSPS) is 48.0. The van der Waals surface area contributed by atoms with Crippen molar-refractivity contribution in [2.24, 2.45) is 39.4 Å². The monoisotopic (exact) mass is 428 g/mol. The second-order valence-electron chi connectivity index (χ2n) is 12.7. The average Bonchev–Trinajstić information content (AvgIpc) is 3.21. The molecule has 4 nitrogen and oxygen atoms in total. The van der Waals surface area contributed by atoms with Crippen LogP contribution in [0.3, 0.4) is 0 Å². The first-order valence-corrected chi connectivity index (χ1v) is 12.4. The fourth-order valence-electron chi connectivity index (χ4n) is 9.56. The van der Waals surface area contributed by atoms with Crippen LogP contribution in [0.5, 0.6) is 0 Å². The minimum atomic E-state index is -0.567. The van der Waals surface area contributed by atoms with E-state index in [1.54, 1.807) is 6.26 Å². The van der Waals surface area contributed by atoms with Gasteiger partial charge in [0.15, 0.2) is 11.9 Å². The van der Waals surface area contributed by atoms with E-state index in [2.05, 4.69) is 34.6 Å². The molecule has 8 atom stereocenters. The highest BCUT2D eigenvalue weighted by atomic mass is 16.6. The molecule has 4 unspecified atom stereocenters. The molecule has 4 aliphatic rings. The van der Waals surface area contributed by atoms with Crippen molar-refractivity contribution in [3.05, 3.63) is 23.7 Å². The second-order valence-corrected chi connectivity index (χ2v) is 12.7. The van der Waals surface area contributed by atoms with Crippen LogP contribution in [0.15, 0.2) is 16.7 Å². The van der Waals surface area contributed by atoms with Crippen LogP contribution in [0.25, 0.3) is 0 Å². The summed E-state index contributed by atoms with van der Waals surface area (Å²) in [5, 5.41) is 11.2. The molecule has 0 bridgehead atoms. The van der Waals surface area contributed by atoms with Crippen LogP contribution in [0, 0.1) is 39.4 Å². The van der Waals surface area contributed by atoms with Gasteiger partial charge in [0.25, 0.3) is 0 Å². The third kappa shape index (κ3) is 2.79. The molecular weight excluding hydrogens is 388 g/mol. The number of carbonyl (C=O) groups excluding carboxylic acids is 1. The van der Waals surface area contributed by atoms with Crippen molar-refractivity contribution in [1.82, 2.24) is 0 Å². The van der Waals surface area contributed by atoms with Crippen LogP contribution in [0.4, 0.5) is 0 Å². The Morgan fingerprint density at radius 1 is 1.03 bits per heavy atom. The summed E-state index contributed by atoms with van der Waals surface area (Å²) in [7, 11) is 0. The number of ether oxygens (including phenoxy) is 1. The molecule has 3 fully saturated rings. The van der Waals surface area contributed by atoms with Gasteiger partial charge in [-0.25, -0.2) is 0 Å². The van der Waals surface area contributed by atoms with E-state index in [0.29, 0.717) is 22.5 Å². The van der Waals surface area contributed by atoms with E-state index in [1.165, 1.54) is 39.0 Å². The van der Waals surface area contributed by atoms with E-state index in [9.17, 15) is 9.90 Å². The van der Waals surface area contributed by atoms with Crippen molar-refractivity contribution < 1.29 is 19.1 Å². The summed E-state index contributed by atoms with van der Waals surface area (Å²) in [6.07, 6.45) is 8.76. The standard InChI is InChI=1S/C27H40O4/c1-16(28)31-23-22-17(9-13-30-22)18(29)14-20-26(5)12-8-19-24(2,3)10-7-11-25(19,4)21(26)15-27(20,23)6/h9,13,18-21,23,29H,7-8,10-12,14-15H2,1-6H3/t18-,19?,20?,21?,23?,25-,26-,27-/m0/s1. The number of hydrogen-bond donors (Lipinski definition) is 1. The molecule has 4 heteroatoms. The lowest BCUT2D eigenvalue weighted by atomic mass is 9.43. The predicted molar refractivity (Wildman–Crippen MR) is 119 cm³/mol. The van der Waals surface area contributed by atoms with Gasteiger partial charge in [0.2, 0.25) is 0 Å². The average molecular weight is 429 g/mol. The summed E-state index contributed by atoms with van der Waals surface area (Å²) in [6.45, 7) is 13.8. The van der Waals surface area contributed by atoms with Gasteiger partial charge in [0, 0.05) is 17.9 Å². The Labute approximate surface area is 187 Å². The van der Waals surface area contributed by atoms with Crippen LogP contribution < -0.4 is 0 Å². The molecular formula is C27H40O4. The maximum absolute atomic E-state index is 12.2. The molecule has 4 aliphatic carbocycles. The summed E-state index contributed by atoms with van der Waals surface area (Å²) >= 11 is 0. The molecule has 1 N–H and O–H groups in total. The number of esters is 1. The maximum atomic E-state index is 12.2. The van der Waals surface area contributed by atoms with Gasteiger partial charge in [-0.15, -0.1) is 0 Å². The smallest absolute Gasteiger partial charge is 0.303 e. The van der Waals surface area contributed by atoms with Crippen LogP contribution in [-0.2, 0) is 9.53 Å². The second kappa shape index (κ2) is 6.62. The van der Waals surface area contributed by atoms with Crippen molar-refractivity contribution in [2.45, 2.75) is 98.7 Å². The van der Waals surface area contributed by atoms with Crippen molar-refractivity contribution in [3.8, 4) is 0 Å². The maximum Gasteiger partial charge on any atom is 0.303 e. The lowest BCUT2D eigenvalue weighted by Gasteiger charge is -2.62. The first-order valence-electron chi connectivity index (χ1n) is 12.4. The zero-order chi connectivity index (χ0) is 22.4. The van der Waals surface area contributed by atoms with Crippen LogP contribution >= 0.6 is 0 Å². The molecule has 0 aromatic carbocycles. The van der Waals surface area contributed by atoms with E-state index in [4.69, 9.17) is 9.15 Å². The number of aliphatic hydroxyl groups is 1. The number of fused-ring (bicyclic) bond motifs is 6. The van der Waals surface area contributed by atoms with Gasteiger partial charge in [-0.05, 0) is 78.6 Å². The zero-order valence-corrected chi connectivity index (χ0v) is 20.2. The van der Waals surface area contributed by atoms with Gasteiger partial charge in [-0.3, -0.25) is 4.79 Å². The summed E-state index contributed by atoms with van der Waals surface area (Å²) in [5.74, 6) is 1.98. The summed E-state index contributed by atoms with van der Waals surface area (Å²) in [5.41, 5.74) is 1.37. The first-order chi connectivity index (χ1) is 14.4. The third-order valence-electron chi connectivity index (χ3n) is 10.7. The molecule has 0 aliphatic heterocycles. The minimum Gasteiger partial charge on any atom is -0.465 e. The predicted octanol–water partition coefficient (Wildman–Crippen LogP) is 6.60. The molecule has 1 aromatic heterocycles. The molecule has 31 heavy (non-hydrogen) atoms. The lowest BCUT2D eigenvalue weighted by Crippen LogP contribution is -2.54. The van der Waals surface area contributed by atoms with Gasteiger partial charge in [0.05, 0.1) is 12.4 Å². The highest BCUT2D eigenvalue weighted by molar-refractivity contribution is 5.66. The Kier molecular flexibility index (Phi) is 4.60. The van der Waals surface area contributed by atoms with Crippen molar-refractivity contribution in [2.75, 3.05) is 0 Å². The summed E-state index contributed by atoms with van der Waals surface area (Å²) < 4.78 is 11.9. The lowest BCUT2D eigenvalue weighted by molar-refractivity contribution is -0.159.